The molecule has 1 saturated carbocycles. The van der Waals surface area contributed by atoms with Crippen LogP contribution < -0.4 is 0 Å². The lowest BCUT2D eigenvalue weighted by atomic mass is 9.84. The lowest BCUT2D eigenvalue weighted by molar-refractivity contribution is -0.123. The molecule has 0 N–H and O–H groups in total. The average Bonchev–Trinajstić information content (AvgIpc) is 3.03. The predicted octanol–water partition coefficient (Wildman–Crippen LogP) is 4.95. The zero-order chi connectivity index (χ0) is 13.8. The van der Waals surface area contributed by atoms with Crippen LogP contribution in [-0.2, 0) is 11.2 Å². The lowest BCUT2D eigenvalue weighted by Crippen LogP contribution is -2.19. The normalized spacial score (nSPS) is 19.9. The summed E-state index contributed by atoms with van der Waals surface area (Å²) in [7, 11) is 0. The number of hydrogen-bond acceptors (Lipinski definition) is 1. The van der Waals surface area contributed by atoms with Gasteiger partial charge in [0.2, 0.25) is 0 Å². The molecule has 0 atom stereocenters. The third-order valence-electron chi connectivity index (χ3n) is 4.78. The van der Waals surface area contributed by atoms with E-state index in [1.54, 1.807) is 0 Å². The van der Waals surface area contributed by atoms with Gasteiger partial charge in [-0.3, -0.25) is 4.79 Å². The van der Waals surface area contributed by atoms with Crippen LogP contribution in [0.2, 0.25) is 0 Å². The van der Waals surface area contributed by atoms with E-state index in [4.69, 9.17) is 0 Å². The second kappa shape index (κ2) is 6.39. The smallest absolute Gasteiger partial charge is 0.140 e. The van der Waals surface area contributed by atoms with Crippen molar-refractivity contribution in [2.75, 3.05) is 0 Å². The van der Waals surface area contributed by atoms with Gasteiger partial charge < -0.3 is 0 Å². The SMILES string of the molecule is O=C(Cc1cccc(C2=CCCC2)c1)C1CCCCC1. The van der Waals surface area contributed by atoms with Crippen molar-refractivity contribution in [3.05, 3.63) is 41.5 Å². The Morgan fingerprint density at radius 1 is 1.10 bits per heavy atom. The highest BCUT2D eigenvalue weighted by Crippen LogP contribution is 2.29. The van der Waals surface area contributed by atoms with E-state index in [1.807, 2.05) is 0 Å². The highest BCUT2D eigenvalue weighted by molar-refractivity contribution is 5.83. The van der Waals surface area contributed by atoms with Gasteiger partial charge in [-0.15, -0.1) is 0 Å². The number of hydrogen-bond donors (Lipinski definition) is 0. The number of carbonyl (C=O) groups excluding carboxylic acids is 1. The molecule has 2 aliphatic carbocycles. The average molecular weight is 268 g/mol. The molecule has 1 aromatic carbocycles. The summed E-state index contributed by atoms with van der Waals surface area (Å²) in [4.78, 5) is 12.4. The second-order valence-electron chi connectivity index (χ2n) is 6.30. The molecule has 1 aromatic rings. The van der Waals surface area contributed by atoms with Crippen molar-refractivity contribution in [1.29, 1.82) is 0 Å². The van der Waals surface area contributed by atoms with E-state index in [0.29, 0.717) is 18.1 Å². The monoisotopic (exact) mass is 268 g/mol. The lowest BCUT2D eigenvalue weighted by Gasteiger charge is -2.20. The number of benzene rings is 1. The topological polar surface area (TPSA) is 17.1 Å². The molecule has 0 heterocycles. The van der Waals surface area contributed by atoms with Gasteiger partial charge in [0.1, 0.15) is 5.78 Å². The number of ketones is 1. The summed E-state index contributed by atoms with van der Waals surface area (Å²) < 4.78 is 0. The Bertz CT molecular complexity index is 506. The first-order chi connectivity index (χ1) is 9.83. The maximum Gasteiger partial charge on any atom is 0.140 e. The maximum atomic E-state index is 12.4. The van der Waals surface area contributed by atoms with Gasteiger partial charge in [0.25, 0.3) is 0 Å². The van der Waals surface area contributed by atoms with E-state index in [-0.39, 0.29) is 0 Å². The van der Waals surface area contributed by atoms with Gasteiger partial charge in [-0.2, -0.15) is 0 Å². The van der Waals surface area contributed by atoms with Crippen LogP contribution in [-0.4, -0.2) is 5.78 Å². The van der Waals surface area contributed by atoms with E-state index in [9.17, 15) is 4.79 Å². The molecule has 106 valence electrons. The summed E-state index contributed by atoms with van der Waals surface area (Å²) in [6.45, 7) is 0. The van der Waals surface area contributed by atoms with Gasteiger partial charge in [0.05, 0.1) is 0 Å². The van der Waals surface area contributed by atoms with Crippen LogP contribution in [0.25, 0.3) is 5.57 Å². The van der Waals surface area contributed by atoms with Crippen molar-refractivity contribution >= 4 is 11.4 Å². The molecular formula is C19H24O. The van der Waals surface area contributed by atoms with Crippen LogP contribution in [0.3, 0.4) is 0 Å². The molecule has 3 rings (SSSR count). The van der Waals surface area contributed by atoms with Gasteiger partial charge in [-0.05, 0) is 48.8 Å². The third kappa shape index (κ3) is 3.20. The van der Waals surface area contributed by atoms with E-state index in [2.05, 4.69) is 30.3 Å². The Kier molecular flexibility index (Phi) is 4.34. The first-order valence-corrected chi connectivity index (χ1v) is 8.14. The Labute approximate surface area is 122 Å². The van der Waals surface area contributed by atoms with Crippen molar-refractivity contribution < 1.29 is 4.79 Å². The molecule has 0 aromatic heterocycles. The molecule has 0 unspecified atom stereocenters. The van der Waals surface area contributed by atoms with Gasteiger partial charge in [-0.1, -0.05) is 49.6 Å². The summed E-state index contributed by atoms with van der Waals surface area (Å²) in [6.07, 6.45) is 12.7. The molecule has 2 aliphatic rings. The quantitative estimate of drug-likeness (QED) is 0.755. The molecule has 0 amide bonds. The molecule has 0 aliphatic heterocycles. The van der Waals surface area contributed by atoms with Crippen LogP contribution in [0.1, 0.15) is 62.5 Å². The van der Waals surface area contributed by atoms with Crippen molar-refractivity contribution in [2.45, 2.75) is 57.8 Å². The Morgan fingerprint density at radius 3 is 2.70 bits per heavy atom. The van der Waals surface area contributed by atoms with E-state index < -0.39 is 0 Å². The summed E-state index contributed by atoms with van der Waals surface area (Å²) in [5.41, 5.74) is 4.00. The fourth-order valence-electron chi connectivity index (χ4n) is 3.58. The minimum Gasteiger partial charge on any atom is -0.299 e. The fraction of sp³-hybridized carbons (Fsp3) is 0.526. The largest absolute Gasteiger partial charge is 0.299 e. The van der Waals surface area contributed by atoms with Crippen LogP contribution >= 0.6 is 0 Å². The van der Waals surface area contributed by atoms with Gasteiger partial charge in [0.15, 0.2) is 0 Å². The van der Waals surface area contributed by atoms with Crippen LogP contribution in [0, 0.1) is 5.92 Å². The zero-order valence-corrected chi connectivity index (χ0v) is 12.2. The number of allylic oxidation sites excluding steroid dienone is 2. The van der Waals surface area contributed by atoms with E-state index in [1.165, 1.54) is 55.2 Å². The first-order valence-electron chi connectivity index (χ1n) is 8.14. The van der Waals surface area contributed by atoms with Gasteiger partial charge in [-0.25, -0.2) is 0 Å². The molecule has 1 nitrogen and oxygen atoms in total. The number of carbonyl (C=O) groups is 1. The molecule has 1 fully saturated rings. The standard InChI is InChI=1S/C19H24O/c20-19(17-10-2-1-3-11-17)14-15-7-6-12-18(13-15)16-8-4-5-9-16/h6-8,12-13,17H,1-5,9-11,14H2. The summed E-state index contributed by atoms with van der Waals surface area (Å²) in [6, 6.07) is 8.64. The van der Waals surface area contributed by atoms with E-state index in [0.717, 1.165) is 12.8 Å². The molecular weight excluding hydrogens is 244 g/mol. The van der Waals surface area contributed by atoms with Crippen molar-refractivity contribution in [3.8, 4) is 0 Å². The summed E-state index contributed by atoms with van der Waals surface area (Å²) in [5, 5.41) is 0. The Hall–Kier alpha value is -1.37. The minimum atomic E-state index is 0.332. The molecule has 0 bridgehead atoms. The molecule has 20 heavy (non-hydrogen) atoms. The van der Waals surface area contributed by atoms with Crippen LogP contribution in [0.15, 0.2) is 30.3 Å². The fourth-order valence-corrected chi connectivity index (χ4v) is 3.58. The highest BCUT2D eigenvalue weighted by atomic mass is 16.1. The maximum absolute atomic E-state index is 12.4. The van der Waals surface area contributed by atoms with Crippen LogP contribution in [0.5, 0.6) is 0 Å². The molecule has 0 radical (unpaired) electrons. The van der Waals surface area contributed by atoms with Crippen molar-refractivity contribution in [3.63, 3.8) is 0 Å². The molecule has 0 spiro atoms. The van der Waals surface area contributed by atoms with Crippen molar-refractivity contribution in [1.82, 2.24) is 0 Å². The Morgan fingerprint density at radius 2 is 1.95 bits per heavy atom. The minimum absolute atomic E-state index is 0.332. The summed E-state index contributed by atoms with van der Waals surface area (Å²) in [5.74, 6) is 0.792. The zero-order valence-electron chi connectivity index (χ0n) is 12.2. The number of rotatable bonds is 4. The van der Waals surface area contributed by atoms with Crippen LogP contribution in [0.4, 0.5) is 0 Å². The number of Topliss-reactive ketones (excluding diaryl/α,β-unsaturated/α-hetero) is 1. The van der Waals surface area contributed by atoms with Gasteiger partial charge >= 0.3 is 0 Å². The third-order valence-corrected chi connectivity index (χ3v) is 4.78. The molecule has 0 saturated heterocycles. The van der Waals surface area contributed by atoms with Gasteiger partial charge in [0, 0.05) is 12.3 Å². The summed E-state index contributed by atoms with van der Waals surface area (Å²) >= 11 is 0. The Balaban J connectivity index is 1.67. The van der Waals surface area contributed by atoms with Crippen molar-refractivity contribution in [2.24, 2.45) is 5.92 Å². The predicted molar refractivity (Wildman–Crippen MR) is 83.6 cm³/mol. The second-order valence-corrected chi connectivity index (χ2v) is 6.30. The highest BCUT2D eigenvalue weighted by Gasteiger charge is 2.21. The van der Waals surface area contributed by atoms with E-state index >= 15 is 0 Å². The molecule has 1 heteroatoms. The first kappa shape index (κ1) is 13.6.